The minimum absolute atomic E-state index is 0.537. The predicted molar refractivity (Wildman–Crippen MR) is 81.5 cm³/mol. The number of hydrogen-bond donors (Lipinski definition) is 1. The molecule has 0 radical (unpaired) electrons. The molecule has 106 valence electrons. The molecule has 0 bridgehead atoms. The van der Waals surface area contributed by atoms with Crippen LogP contribution in [-0.4, -0.2) is 14.8 Å². The fourth-order valence-corrected chi connectivity index (χ4v) is 1.89. The predicted octanol–water partition coefficient (Wildman–Crippen LogP) is 3.14. The van der Waals surface area contributed by atoms with Crippen LogP contribution >= 0.6 is 0 Å². The number of anilines is 2. The Labute approximate surface area is 123 Å². The van der Waals surface area contributed by atoms with E-state index in [2.05, 4.69) is 15.4 Å². The van der Waals surface area contributed by atoms with Crippen molar-refractivity contribution in [1.29, 1.82) is 0 Å². The highest BCUT2D eigenvalue weighted by molar-refractivity contribution is 5.51. The van der Waals surface area contributed by atoms with Crippen molar-refractivity contribution in [3.63, 3.8) is 0 Å². The van der Waals surface area contributed by atoms with Crippen LogP contribution in [0.1, 0.15) is 5.56 Å². The third-order valence-corrected chi connectivity index (χ3v) is 2.95. The first-order valence-corrected chi connectivity index (χ1v) is 6.69. The highest BCUT2D eigenvalue weighted by Crippen LogP contribution is 2.16. The summed E-state index contributed by atoms with van der Waals surface area (Å²) in [5, 5.41) is 7.37. The summed E-state index contributed by atoms with van der Waals surface area (Å²) in [6.45, 7) is 0.537. The van der Waals surface area contributed by atoms with Gasteiger partial charge < -0.3 is 10.1 Å². The van der Waals surface area contributed by atoms with Gasteiger partial charge in [0.25, 0.3) is 0 Å². The number of nitrogens with one attached hydrogen (secondary N) is 1. The molecule has 0 spiro atoms. The molecule has 0 aliphatic carbocycles. The van der Waals surface area contributed by atoms with Gasteiger partial charge in [-0.05, 0) is 17.7 Å². The first kappa shape index (κ1) is 13.2. The van der Waals surface area contributed by atoms with Crippen molar-refractivity contribution in [2.75, 3.05) is 5.32 Å². The Morgan fingerprint density at radius 3 is 2.57 bits per heavy atom. The zero-order chi connectivity index (χ0) is 14.5. The summed E-state index contributed by atoms with van der Waals surface area (Å²) in [5.74, 6) is 2.24. The van der Waals surface area contributed by atoms with Gasteiger partial charge in [-0.1, -0.05) is 30.3 Å². The largest absolute Gasteiger partial charge is 0.487 e. The van der Waals surface area contributed by atoms with Crippen molar-refractivity contribution in [3.05, 3.63) is 66.5 Å². The number of hydrogen-bond acceptors (Lipinski definition) is 4. The topological polar surface area (TPSA) is 52.0 Å². The summed E-state index contributed by atoms with van der Waals surface area (Å²) < 4.78 is 7.43. The number of pyridine rings is 1. The molecule has 1 N–H and O–H groups in total. The number of benzene rings is 1. The fraction of sp³-hybridized carbons (Fsp3) is 0.125. The molecule has 5 nitrogen and oxygen atoms in total. The van der Waals surface area contributed by atoms with E-state index in [4.69, 9.17) is 4.74 Å². The summed E-state index contributed by atoms with van der Waals surface area (Å²) in [6, 6.07) is 15.7. The van der Waals surface area contributed by atoms with Crippen LogP contribution in [0, 0.1) is 0 Å². The van der Waals surface area contributed by atoms with Crippen LogP contribution < -0.4 is 10.1 Å². The minimum Gasteiger partial charge on any atom is -0.487 e. The van der Waals surface area contributed by atoms with Gasteiger partial charge in [0.05, 0.1) is 6.20 Å². The number of aryl methyl sites for hydroxylation is 1. The van der Waals surface area contributed by atoms with E-state index in [1.807, 2.05) is 61.8 Å². The van der Waals surface area contributed by atoms with Crippen LogP contribution in [0.5, 0.6) is 5.75 Å². The summed E-state index contributed by atoms with van der Waals surface area (Å²) in [4.78, 5) is 4.31. The molecular weight excluding hydrogens is 264 g/mol. The van der Waals surface area contributed by atoms with E-state index >= 15 is 0 Å². The molecule has 0 atom stereocenters. The van der Waals surface area contributed by atoms with Gasteiger partial charge >= 0.3 is 0 Å². The molecule has 0 fully saturated rings. The SMILES string of the molecule is Cn1ccc(Nc2ccc(OCc3ccccc3)cn2)n1. The van der Waals surface area contributed by atoms with Crippen molar-refractivity contribution < 1.29 is 4.74 Å². The second kappa shape index (κ2) is 6.09. The molecule has 1 aromatic carbocycles. The number of aromatic nitrogens is 3. The Kier molecular flexibility index (Phi) is 3.82. The molecule has 3 rings (SSSR count). The molecule has 0 aliphatic rings. The average molecular weight is 280 g/mol. The number of ether oxygens (including phenoxy) is 1. The van der Waals surface area contributed by atoms with Crippen molar-refractivity contribution in [3.8, 4) is 5.75 Å². The molecule has 21 heavy (non-hydrogen) atoms. The highest BCUT2D eigenvalue weighted by atomic mass is 16.5. The van der Waals surface area contributed by atoms with Gasteiger partial charge in [-0.2, -0.15) is 5.10 Å². The summed E-state index contributed by atoms with van der Waals surface area (Å²) in [7, 11) is 1.87. The van der Waals surface area contributed by atoms with Crippen LogP contribution in [0.25, 0.3) is 0 Å². The smallest absolute Gasteiger partial charge is 0.153 e. The zero-order valence-electron chi connectivity index (χ0n) is 11.7. The van der Waals surface area contributed by atoms with Crippen molar-refractivity contribution in [1.82, 2.24) is 14.8 Å². The van der Waals surface area contributed by atoms with Gasteiger partial charge in [0.2, 0.25) is 0 Å². The van der Waals surface area contributed by atoms with Crippen LogP contribution in [0.4, 0.5) is 11.6 Å². The lowest BCUT2D eigenvalue weighted by atomic mass is 10.2. The Bertz CT molecular complexity index is 692. The van der Waals surface area contributed by atoms with Crippen molar-refractivity contribution in [2.45, 2.75) is 6.61 Å². The Morgan fingerprint density at radius 1 is 1.05 bits per heavy atom. The maximum Gasteiger partial charge on any atom is 0.153 e. The normalized spacial score (nSPS) is 10.3. The van der Waals surface area contributed by atoms with Crippen LogP contribution in [0.3, 0.4) is 0 Å². The van der Waals surface area contributed by atoms with Crippen LogP contribution in [-0.2, 0) is 13.7 Å². The van der Waals surface area contributed by atoms with E-state index < -0.39 is 0 Å². The van der Waals surface area contributed by atoms with E-state index in [0.717, 1.165) is 22.9 Å². The average Bonchev–Trinajstić information content (AvgIpc) is 2.93. The number of rotatable bonds is 5. The quantitative estimate of drug-likeness (QED) is 0.780. The molecule has 3 aromatic rings. The van der Waals surface area contributed by atoms with Gasteiger partial charge in [0.1, 0.15) is 18.2 Å². The van der Waals surface area contributed by atoms with E-state index in [9.17, 15) is 0 Å². The van der Waals surface area contributed by atoms with E-state index in [1.165, 1.54) is 0 Å². The molecule has 0 aliphatic heterocycles. The monoisotopic (exact) mass is 280 g/mol. The molecule has 2 heterocycles. The number of nitrogens with zero attached hydrogens (tertiary/aromatic N) is 3. The third kappa shape index (κ3) is 3.60. The molecule has 0 amide bonds. The third-order valence-electron chi connectivity index (χ3n) is 2.95. The maximum absolute atomic E-state index is 5.69. The Balaban J connectivity index is 1.59. The van der Waals surface area contributed by atoms with E-state index in [0.29, 0.717) is 6.61 Å². The molecule has 5 heteroatoms. The lowest BCUT2D eigenvalue weighted by Crippen LogP contribution is -1.98. The first-order valence-electron chi connectivity index (χ1n) is 6.69. The van der Waals surface area contributed by atoms with Crippen LogP contribution in [0.2, 0.25) is 0 Å². The van der Waals surface area contributed by atoms with E-state index in [-0.39, 0.29) is 0 Å². The molecule has 0 saturated heterocycles. The highest BCUT2D eigenvalue weighted by Gasteiger charge is 2.00. The Morgan fingerprint density at radius 2 is 1.90 bits per heavy atom. The lowest BCUT2D eigenvalue weighted by molar-refractivity contribution is 0.305. The lowest BCUT2D eigenvalue weighted by Gasteiger charge is -2.07. The summed E-state index contributed by atoms with van der Waals surface area (Å²) >= 11 is 0. The molecule has 2 aromatic heterocycles. The second-order valence-corrected chi connectivity index (χ2v) is 4.65. The second-order valence-electron chi connectivity index (χ2n) is 4.65. The molecular formula is C16H16N4O. The first-order chi connectivity index (χ1) is 10.3. The van der Waals surface area contributed by atoms with Gasteiger partial charge in [-0.25, -0.2) is 4.98 Å². The molecule has 0 saturated carbocycles. The molecule has 0 unspecified atom stereocenters. The summed E-state index contributed by atoms with van der Waals surface area (Å²) in [6.07, 6.45) is 3.58. The van der Waals surface area contributed by atoms with Crippen molar-refractivity contribution >= 4 is 11.6 Å². The minimum atomic E-state index is 0.537. The van der Waals surface area contributed by atoms with Gasteiger partial charge in [0, 0.05) is 19.3 Å². The zero-order valence-corrected chi connectivity index (χ0v) is 11.7. The van der Waals surface area contributed by atoms with Gasteiger partial charge in [0.15, 0.2) is 5.82 Å². The van der Waals surface area contributed by atoms with Crippen LogP contribution in [0.15, 0.2) is 60.9 Å². The Hall–Kier alpha value is -2.82. The van der Waals surface area contributed by atoms with Gasteiger partial charge in [-0.3, -0.25) is 4.68 Å². The van der Waals surface area contributed by atoms with Gasteiger partial charge in [-0.15, -0.1) is 0 Å². The van der Waals surface area contributed by atoms with Crippen molar-refractivity contribution in [2.24, 2.45) is 7.05 Å². The van der Waals surface area contributed by atoms with E-state index in [1.54, 1.807) is 10.9 Å². The maximum atomic E-state index is 5.69. The fourth-order valence-electron chi connectivity index (χ4n) is 1.89. The summed E-state index contributed by atoms with van der Waals surface area (Å²) in [5.41, 5.74) is 1.13. The standard InChI is InChI=1S/C16H16N4O/c1-20-10-9-16(19-20)18-15-8-7-14(11-17-15)21-12-13-5-3-2-4-6-13/h2-11H,12H2,1H3,(H,17,18,19).